The molecule has 0 fully saturated rings. The van der Waals surface area contributed by atoms with E-state index in [2.05, 4.69) is 22.6 Å². The van der Waals surface area contributed by atoms with E-state index in [9.17, 15) is 4.79 Å². The fraction of sp³-hybridized carbons (Fsp3) is 0.222. The van der Waals surface area contributed by atoms with Crippen molar-refractivity contribution in [3.63, 3.8) is 0 Å². The van der Waals surface area contributed by atoms with Crippen LogP contribution in [0.5, 0.6) is 5.75 Å². The molecule has 2 nitrogen and oxygen atoms in total. The van der Waals surface area contributed by atoms with Gasteiger partial charge in [-0.25, -0.2) is 0 Å². The maximum Gasteiger partial charge on any atom is 0.163 e. The summed E-state index contributed by atoms with van der Waals surface area (Å²) in [6.45, 7) is 1.50. The predicted molar refractivity (Wildman–Crippen MR) is 60.7 cm³/mol. The Bertz CT molecular complexity index is 350. The van der Waals surface area contributed by atoms with Gasteiger partial charge in [0.05, 0.1) is 17.7 Å². The lowest BCUT2D eigenvalue weighted by atomic mass is 10.1. The highest BCUT2D eigenvalue weighted by molar-refractivity contribution is 14.1. The number of hydrogen-bond donors (Lipinski definition) is 0. The maximum absolute atomic E-state index is 11.2. The summed E-state index contributed by atoms with van der Waals surface area (Å²) in [5.74, 6) is 0.504. The van der Waals surface area contributed by atoms with E-state index in [0.29, 0.717) is 16.3 Å². The van der Waals surface area contributed by atoms with E-state index in [1.807, 2.05) is 0 Å². The Kier molecular flexibility index (Phi) is 3.55. The van der Waals surface area contributed by atoms with Gasteiger partial charge in [-0.1, -0.05) is 11.6 Å². The number of rotatable bonds is 2. The first kappa shape index (κ1) is 10.8. The summed E-state index contributed by atoms with van der Waals surface area (Å²) in [5.41, 5.74) is 0.566. The van der Waals surface area contributed by atoms with Gasteiger partial charge in [0, 0.05) is 9.64 Å². The number of ketones is 1. The van der Waals surface area contributed by atoms with E-state index < -0.39 is 0 Å². The zero-order valence-electron chi connectivity index (χ0n) is 7.23. The predicted octanol–water partition coefficient (Wildman–Crippen LogP) is 3.16. The molecule has 0 radical (unpaired) electrons. The van der Waals surface area contributed by atoms with Gasteiger partial charge in [-0.2, -0.15) is 0 Å². The molecule has 0 saturated carbocycles. The number of carbonyl (C=O) groups excluding carboxylic acids is 1. The third-order valence-electron chi connectivity index (χ3n) is 1.62. The third kappa shape index (κ3) is 2.34. The zero-order chi connectivity index (χ0) is 10.0. The van der Waals surface area contributed by atoms with Crippen LogP contribution in [0.2, 0.25) is 5.02 Å². The number of benzene rings is 1. The van der Waals surface area contributed by atoms with E-state index in [4.69, 9.17) is 16.3 Å². The number of halogens is 2. The topological polar surface area (TPSA) is 26.3 Å². The largest absolute Gasteiger partial charge is 0.496 e. The second-order valence-corrected chi connectivity index (χ2v) is 4.09. The molecule has 0 spiro atoms. The van der Waals surface area contributed by atoms with Crippen molar-refractivity contribution in [3.05, 3.63) is 26.3 Å². The number of ether oxygens (including phenoxy) is 1. The molecule has 4 heteroatoms. The molecule has 0 aliphatic rings. The van der Waals surface area contributed by atoms with Crippen molar-refractivity contribution in [2.75, 3.05) is 7.11 Å². The minimum atomic E-state index is -0.0218. The van der Waals surface area contributed by atoms with Crippen molar-refractivity contribution in [2.45, 2.75) is 6.92 Å². The van der Waals surface area contributed by atoms with Crippen molar-refractivity contribution >= 4 is 40.0 Å². The quantitative estimate of drug-likeness (QED) is 0.619. The molecule has 70 valence electrons. The van der Waals surface area contributed by atoms with E-state index >= 15 is 0 Å². The summed E-state index contributed by atoms with van der Waals surface area (Å²) in [5, 5.41) is 0.599. The Morgan fingerprint density at radius 2 is 2.15 bits per heavy atom. The molecule has 0 aliphatic heterocycles. The van der Waals surface area contributed by atoms with Crippen LogP contribution in [-0.2, 0) is 0 Å². The van der Waals surface area contributed by atoms with Crippen LogP contribution in [0.25, 0.3) is 0 Å². The summed E-state index contributed by atoms with van der Waals surface area (Å²) in [6, 6.07) is 3.38. The Labute approximate surface area is 95.4 Å². The number of carbonyl (C=O) groups is 1. The van der Waals surface area contributed by atoms with Gasteiger partial charge < -0.3 is 4.74 Å². The molecule has 1 rings (SSSR count). The third-order valence-corrected chi connectivity index (χ3v) is 3.15. The molecule has 1 aromatic rings. The molecule has 0 N–H and O–H groups in total. The maximum atomic E-state index is 11.2. The minimum absolute atomic E-state index is 0.0218. The first-order chi connectivity index (χ1) is 6.06. The Morgan fingerprint density at radius 3 is 2.62 bits per heavy atom. The fourth-order valence-electron chi connectivity index (χ4n) is 0.973. The highest BCUT2D eigenvalue weighted by Gasteiger charge is 2.10. The standard InChI is InChI=1S/C9H8ClIO2/c1-5(12)6-3-8(11)7(10)4-9(6)13-2/h3-4H,1-2H3. The molecule has 0 amide bonds. The van der Waals surface area contributed by atoms with Gasteiger partial charge in [0.1, 0.15) is 5.75 Å². The molecule has 0 aliphatic carbocycles. The van der Waals surface area contributed by atoms with Crippen molar-refractivity contribution in [1.82, 2.24) is 0 Å². The van der Waals surface area contributed by atoms with Crippen LogP contribution in [0, 0.1) is 3.57 Å². The lowest BCUT2D eigenvalue weighted by Crippen LogP contribution is -1.98. The lowest BCUT2D eigenvalue weighted by molar-refractivity contribution is 0.101. The van der Waals surface area contributed by atoms with Crippen molar-refractivity contribution in [3.8, 4) is 5.75 Å². The van der Waals surface area contributed by atoms with Gasteiger partial charge in [-0.15, -0.1) is 0 Å². The van der Waals surface area contributed by atoms with Crippen LogP contribution in [0.15, 0.2) is 12.1 Å². The van der Waals surface area contributed by atoms with Crippen LogP contribution in [0.3, 0.4) is 0 Å². The van der Waals surface area contributed by atoms with Crippen molar-refractivity contribution in [1.29, 1.82) is 0 Å². The van der Waals surface area contributed by atoms with Crippen LogP contribution in [-0.4, -0.2) is 12.9 Å². The van der Waals surface area contributed by atoms with E-state index in [1.54, 1.807) is 12.1 Å². The summed E-state index contributed by atoms with van der Waals surface area (Å²) in [7, 11) is 1.52. The lowest BCUT2D eigenvalue weighted by Gasteiger charge is -2.07. The Hall–Kier alpha value is -0.290. The van der Waals surface area contributed by atoms with Gasteiger partial charge in [-0.05, 0) is 35.6 Å². The first-order valence-electron chi connectivity index (χ1n) is 3.60. The highest BCUT2D eigenvalue weighted by Crippen LogP contribution is 2.28. The van der Waals surface area contributed by atoms with Gasteiger partial charge in [0.25, 0.3) is 0 Å². The fourth-order valence-corrected chi connectivity index (χ4v) is 1.59. The monoisotopic (exact) mass is 310 g/mol. The molecule has 0 bridgehead atoms. The van der Waals surface area contributed by atoms with E-state index in [-0.39, 0.29) is 5.78 Å². The van der Waals surface area contributed by atoms with Crippen LogP contribution >= 0.6 is 34.2 Å². The van der Waals surface area contributed by atoms with E-state index in [1.165, 1.54) is 14.0 Å². The van der Waals surface area contributed by atoms with Gasteiger partial charge >= 0.3 is 0 Å². The van der Waals surface area contributed by atoms with Crippen LogP contribution in [0.4, 0.5) is 0 Å². The Morgan fingerprint density at radius 1 is 1.54 bits per heavy atom. The van der Waals surface area contributed by atoms with Crippen LogP contribution < -0.4 is 4.74 Å². The van der Waals surface area contributed by atoms with Crippen molar-refractivity contribution in [2.24, 2.45) is 0 Å². The minimum Gasteiger partial charge on any atom is -0.496 e. The normalized spacial score (nSPS) is 9.85. The molecular weight excluding hydrogens is 302 g/mol. The first-order valence-corrected chi connectivity index (χ1v) is 5.06. The van der Waals surface area contributed by atoms with Crippen LogP contribution in [0.1, 0.15) is 17.3 Å². The molecule has 0 heterocycles. The number of methoxy groups -OCH3 is 1. The smallest absolute Gasteiger partial charge is 0.163 e. The molecule has 0 atom stereocenters. The van der Waals surface area contributed by atoms with Gasteiger partial charge in [0.15, 0.2) is 5.78 Å². The highest BCUT2D eigenvalue weighted by atomic mass is 127. The molecule has 0 saturated heterocycles. The summed E-state index contributed by atoms with van der Waals surface area (Å²) < 4.78 is 5.89. The molecule has 0 unspecified atom stereocenters. The summed E-state index contributed by atoms with van der Waals surface area (Å²) in [6.07, 6.45) is 0. The Balaban J connectivity index is 3.33. The molecule has 0 aromatic heterocycles. The molecular formula is C9H8ClIO2. The van der Waals surface area contributed by atoms with Gasteiger partial charge in [0.2, 0.25) is 0 Å². The zero-order valence-corrected chi connectivity index (χ0v) is 10.1. The molecule has 1 aromatic carbocycles. The van der Waals surface area contributed by atoms with E-state index in [0.717, 1.165) is 3.57 Å². The second kappa shape index (κ2) is 4.28. The average Bonchev–Trinajstić information content (AvgIpc) is 2.08. The second-order valence-electron chi connectivity index (χ2n) is 2.52. The van der Waals surface area contributed by atoms with Crippen molar-refractivity contribution < 1.29 is 9.53 Å². The molecule has 13 heavy (non-hydrogen) atoms. The van der Waals surface area contributed by atoms with Gasteiger partial charge in [-0.3, -0.25) is 4.79 Å². The number of Topliss-reactive ketones (excluding diaryl/α,β-unsaturated/α-hetero) is 1. The average molecular weight is 311 g/mol. The SMILES string of the molecule is COc1cc(Cl)c(I)cc1C(C)=O. The summed E-state index contributed by atoms with van der Waals surface area (Å²) in [4.78, 5) is 11.2. The summed E-state index contributed by atoms with van der Waals surface area (Å²) >= 11 is 7.95. The number of hydrogen-bond acceptors (Lipinski definition) is 2.